The van der Waals surface area contributed by atoms with Crippen molar-refractivity contribution in [3.8, 4) is 0 Å². The molecule has 6 heteroatoms. The van der Waals surface area contributed by atoms with Crippen molar-refractivity contribution in [3.05, 3.63) is 35.4 Å². The molecule has 0 heterocycles. The maximum Gasteiger partial charge on any atom is 0.338 e. The number of carbonyl (C=O) groups excluding carboxylic acids is 2. The van der Waals surface area contributed by atoms with Gasteiger partial charge in [0.15, 0.2) is 0 Å². The van der Waals surface area contributed by atoms with Crippen LogP contribution in [0.1, 0.15) is 20.7 Å². The Bertz CT molecular complexity index is 331. The summed E-state index contributed by atoms with van der Waals surface area (Å²) in [5, 5.41) is 0. The van der Waals surface area contributed by atoms with Gasteiger partial charge >= 0.3 is 11.9 Å². The van der Waals surface area contributed by atoms with Crippen molar-refractivity contribution >= 4 is 36.8 Å². The summed E-state index contributed by atoms with van der Waals surface area (Å²) in [7, 11) is 2.52. The minimum absolute atomic E-state index is 0. The predicted molar refractivity (Wildman–Crippen MR) is 63.6 cm³/mol. The summed E-state index contributed by atoms with van der Waals surface area (Å²) in [4.78, 5) is 22.4. The number of hydrogen-bond acceptors (Lipinski definition) is 4. The van der Waals surface area contributed by atoms with Crippen LogP contribution in [0.3, 0.4) is 0 Å². The number of ether oxygens (including phenoxy) is 2. The third kappa shape index (κ3) is 3.72. The molecule has 0 saturated carbocycles. The molecule has 0 saturated heterocycles. The second-order valence-corrected chi connectivity index (χ2v) is 2.53. The Morgan fingerprint density at radius 2 is 1.19 bits per heavy atom. The molecule has 0 aromatic heterocycles. The zero-order valence-electron chi connectivity index (χ0n) is 8.76. The molecule has 90 valence electrons. The standard InChI is InChI=1S/C10H10O4.2ClH/c1-13-9(11)7-5-3-4-6-8(7)10(12)14-2;;/h3-6H,1-2H3;2*1H. The molecule has 0 atom stereocenters. The predicted octanol–water partition coefficient (Wildman–Crippen LogP) is 2.10. The molecule has 1 rings (SSSR count). The van der Waals surface area contributed by atoms with Crippen LogP contribution in [0, 0.1) is 0 Å². The van der Waals surface area contributed by atoms with Gasteiger partial charge in [-0.25, -0.2) is 9.59 Å². The Kier molecular flexibility index (Phi) is 8.53. The molecule has 16 heavy (non-hydrogen) atoms. The first kappa shape index (κ1) is 17.1. The fraction of sp³-hybridized carbons (Fsp3) is 0.200. The molecule has 4 nitrogen and oxygen atoms in total. The molecule has 1 aromatic rings. The molecule has 0 fully saturated rings. The van der Waals surface area contributed by atoms with Gasteiger partial charge in [-0.3, -0.25) is 0 Å². The van der Waals surface area contributed by atoms with Gasteiger partial charge in [0.2, 0.25) is 0 Å². The van der Waals surface area contributed by atoms with Gasteiger partial charge < -0.3 is 9.47 Å². The van der Waals surface area contributed by atoms with Crippen molar-refractivity contribution in [2.24, 2.45) is 0 Å². The van der Waals surface area contributed by atoms with E-state index < -0.39 is 11.9 Å². The van der Waals surface area contributed by atoms with Crippen molar-refractivity contribution < 1.29 is 19.1 Å². The van der Waals surface area contributed by atoms with Gasteiger partial charge in [0.25, 0.3) is 0 Å². The first-order chi connectivity index (χ1) is 6.70. The Morgan fingerprint density at radius 1 is 0.875 bits per heavy atom. The highest BCUT2D eigenvalue weighted by Crippen LogP contribution is 2.10. The average molecular weight is 267 g/mol. The van der Waals surface area contributed by atoms with E-state index in [-0.39, 0.29) is 35.9 Å². The maximum atomic E-state index is 11.2. The summed E-state index contributed by atoms with van der Waals surface area (Å²) in [6.07, 6.45) is 0. The van der Waals surface area contributed by atoms with Gasteiger partial charge in [-0.15, -0.1) is 24.8 Å². The van der Waals surface area contributed by atoms with Crippen LogP contribution in [0.5, 0.6) is 0 Å². The largest absolute Gasteiger partial charge is 0.465 e. The van der Waals surface area contributed by atoms with Crippen LogP contribution in [0.2, 0.25) is 0 Å². The smallest absolute Gasteiger partial charge is 0.338 e. The fourth-order valence-electron chi connectivity index (χ4n) is 1.06. The molecule has 0 spiro atoms. The number of carbonyl (C=O) groups is 2. The van der Waals surface area contributed by atoms with Crippen molar-refractivity contribution in [3.63, 3.8) is 0 Å². The number of benzene rings is 1. The second kappa shape index (κ2) is 7.96. The summed E-state index contributed by atoms with van der Waals surface area (Å²) in [5.74, 6) is -1.10. The highest BCUT2D eigenvalue weighted by atomic mass is 35.5. The van der Waals surface area contributed by atoms with Crippen LogP contribution < -0.4 is 0 Å². The van der Waals surface area contributed by atoms with Gasteiger partial charge in [-0.1, -0.05) is 12.1 Å². The molecule has 0 amide bonds. The number of esters is 2. The number of halogens is 2. The Hall–Kier alpha value is -1.26. The molecular formula is C10H12Cl2O4. The number of methoxy groups -OCH3 is 2. The third-order valence-corrected chi connectivity index (χ3v) is 1.74. The summed E-state index contributed by atoms with van der Waals surface area (Å²) in [6, 6.07) is 6.33. The Morgan fingerprint density at radius 3 is 1.44 bits per heavy atom. The van der Waals surface area contributed by atoms with Gasteiger partial charge in [0.1, 0.15) is 0 Å². The number of hydrogen-bond donors (Lipinski definition) is 0. The summed E-state index contributed by atoms with van der Waals surface area (Å²) >= 11 is 0. The molecule has 0 radical (unpaired) electrons. The highest BCUT2D eigenvalue weighted by molar-refractivity contribution is 6.03. The molecule has 1 aromatic carbocycles. The van der Waals surface area contributed by atoms with Crippen LogP contribution in [0.25, 0.3) is 0 Å². The van der Waals surface area contributed by atoms with E-state index in [0.29, 0.717) is 0 Å². The average Bonchev–Trinajstić information content (AvgIpc) is 2.27. The quantitative estimate of drug-likeness (QED) is 0.770. The molecule has 0 aliphatic heterocycles. The summed E-state index contributed by atoms with van der Waals surface area (Å²) < 4.78 is 9.05. The van der Waals surface area contributed by atoms with Crippen molar-refractivity contribution in [1.29, 1.82) is 0 Å². The van der Waals surface area contributed by atoms with Crippen molar-refractivity contribution in [2.75, 3.05) is 14.2 Å². The van der Waals surface area contributed by atoms with Crippen LogP contribution in [-0.2, 0) is 9.47 Å². The van der Waals surface area contributed by atoms with E-state index in [4.69, 9.17) is 0 Å². The summed E-state index contributed by atoms with van der Waals surface area (Å²) in [5.41, 5.74) is 0.420. The highest BCUT2D eigenvalue weighted by Gasteiger charge is 2.16. The van der Waals surface area contributed by atoms with E-state index >= 15 is 0 Å². The topological polar surface area (TPSA) is 52.6 Å². The molecule has 0 N–H and O–H groups in total. The van der Waals surface area contributed by atoms with E-state index in [1.165, 1.54) is 26.4 Å². The SMILES string of the molecule is COC(=O)c1ccccc1C(=O)OC.Cl.Cl. The fourth-order valence-corrected chi connectivity index (χ4v) is 1.06. The third-order valence-electron chi connectivity index (χ3n) is 1.74. The second-order valence-electron chi connectivity index (χ2n) is 2.53. The van der Waals surface area contributed by atoms with Crippen LogP contribution in [0.15, 0.2) is 24.3 Å². The van der Waals surface area contributed by atoms with Gasteiger partial charge in [0, 0.05) is 0 Å². The van der Waals surface area contributed by atoms with E-state index in [9.17, 15) is 9.59 Å². The van der Waals surface area contributed by atoms with Crippen molar-refractivity contribution in [1.82, 2.24) is 0 Å². The van der Waals surface area contributed by atoms with E-state index in [0.717, 1.165) is 0 Å². The van der Waals surface area contributed by atoms with Crippen molar-refractivity contribution in [2.45, 2.75) is 0 Å². The minimum Gasteiger partial charge on any atom is -0.465 e. The van der Waals surface area contributed by atoms with Crippen LogP contribution in [0.4, 0.5) is 0 Å². The van der Waals surface area contributed by atoms with Gasteiger partial charge in [-0.05, 0) is 12.1 Å². The summed E-state index contributed by atoms with van der Waals surface area (Å²) in [6.45, 7) is 0. The normalized spacial score (nSPS) is 8.12. The van der Waals surface area contributed by atoms with E-state index in [1.807, 2.05) is 0 Å². The van der Waals surface area contributed by atoms with E-state index in [2.05, 4.69) is 9.47 Å². The lowest BCUT2D eigenvalue weighted by molar-refractivity contribution is 0.0555. The lowest BCUT2D eigenvalue weighted by Crippen LogP contribution is -2.11. The van der Waals surface area contributed by atoms with Crippen LogP contribution in [-0.4, -0.2) is 26.2 Å². The molecular weight excluding hydrogens is 255 g/mol. The molecule has 0 aliphatic rings. The first-order valence-corrected chi connectivity index (χ1v) is 3.96. The van der Waals surface area contributed by atoms with E-state index in [1.54, 1.807) is 12.1 Å². The lowest BCUT2D eigenvalue weighted by Gasteiger charge is -2.04. The molecule has 0 aliphatic carbocycles. The van der Waals surface area contributed by atoms with Gasteiger partial charge in [-0.2, -0.15) is 0 Å². The van der Waals surface area contributed by atoms with Gasteiger partial charge in [0.05, 0.1) is 25.3 Å². The lowest BCUT2D eigenvalue weighted by atomic mass is 10.1. The molecule has 0 bridgehead atoms. The zero-order valence-corrected chi connectivity index (χ0v) is 10.4. The zero-order chi connectivity index (χ0) is 10.6. The maximum absolute atomic E-state index is 11.2. The Balaban J connectivity index is 0. The molecule has 0 unspecified atom stereocenters. The minimum atomic E-state index is -0.550. The van der Waals surface area contributed by atoms with Crippen LogP contribution >= 0.6 is 24.8 Å². The monoisotopic (exact) mass is 266 g/mol. The number of rotatable bonds is 2. The first-order valence-electron chi connectivity index (χ1n) is 3.96. The Labute approximate surface area is 106 Å².